The number of benzene rings is 7. The monoisotopic (exact) mass is 760 g/mol. The molecule has 0 saturated carbocycles. The van der Waals surface area contributed by atoms with Gasteiger partial charge in [-0.05, 0) is 129 Å². The highest BCUT2D eigenvalue weighted by atomic mass is 15.2. The number of rotatable bonds is 8. The third-order valence-corrected chi connectivity index (χ3v) is 12.8. The van der Waals surface area contributed by atoms with E-state index >= 15 is 0 Å². The molecule has 10 rings (SSSR count). The van der Waals surface area contributed by atoms with Gasteiger partial charge in [-0.3, -0.25) is 0 Å². The van der Waals surface area contributed by atoms with Gasteiger partial charge in [0.1, 0.15) is 0 Å². The number of hydrogen-bond donors (Lipinski definition) is 0. The third kappa shape index (κ3) is 6.10. The van der Waals surface area contributed by atoms with Gasteiger partial charge in [0.25, 0.3) is 0 Å². The fourth-order valence-corrected chi connectivity index (χ4v) is 9.77. The van der Waals surface area contributed by atoms with Gasteiger partial charge >= 0.3 is 0 Å². The van der Waals surface area contributed by atoms with Crippen LogP contribution in [0.15, 0.2) is 206 Å². The van der Waals surface area contributed by atoms with Crippen molar-refractivity contribution >= 4 is 44.3 Å². The van der Waals surface area contributed by atoms with Gasteiger partial charge in [0.05, 0.1) is 17.1 Å². The van der Waals surface area contributed by atoms with Gasteiger partial charge in [-0.2, -0.15) is 0 Å². The molecule has 0 saturated heterocycles. The maximum atomic E-state index is 4.03. The Bertz CT molecular complexity index is 2990. The van der Waals surface area contributed by atoms with Crippen LogP contribution in [-0.2, 0) is 5.41 Å². The lowest BCUT2D eigenvalue weighted by Gasteiger charge is -2.39. The molecule has 0 radical (unpaired) electrons. The maximum absolute atomic E-state index is 4.03. The SMILES string of the molecule is C=C/C(=C\C)c1cccc(-c2ccc(N(c3ccc(-c4ccc5c(c4)c4ccccc4n5-c4ccccc4)cc3)[C@H]3C=C4C(=C[C@H]3C)c3ccccc3C4(C)C)cc2)c1. The van der Waals surface area contributed by atoms with E-state index in [2.05, 4.69) is 232 Å². The standard InChI is InChI=1S/C57H48N2/c1-6-39(7-2)42-16-15-17-43(35-42)40-24-29-46(30-25-40)58(56-37-53-50(34-38(56)3)48-20-11-13-22-52(48)57(53,4)5)47-31-26-41(27-32-47)44-28-33-55-51(36-44)49-21-12-14-23-54(49)59(55)45-18-9-8-10-19-45/h6-38,56H,1H2,2-5H3/b39-7+/t38-,56+/m1/s1. The second-order valence-corrected chi connectivity index (χ2v) is 16.6. The Labute approximate surface area is 348 Å². The van der Waals surface area contributed by atoms with Gasteiger partial charge < -0.3 is 9.47 Å². The summed E-state index contributed by atoms with van der Waals surface area (Å²) in [6.07, 6.45) is 9.13. The lowest BCUT2D eigenvalue weighted by molar-refractivity contribution is 0.585. The van der Waals surface area contributed by atoms with Crippen LogP contribution in [0, 0.1) is 5.92 Å². The molecule has 0 N–H and O–H groups in total. The molecule has 2 heteroatoms. The Balaban J connectivity index is 1.06. The normalized spacial score (nSPS) is 17.0. The van der Waals surface area contributed by atoms with E-state index in [1.165, 1.54) is 89.0 Å². The van der Waals surface area contributed by atoms with E-state index in [-0.39, 0.29) is 17.4 Å². The van der Waals surface area contributed by atoms with Crippen molar-refractivity contribution in [3.63, 3.8) is 0 Å². The van der Waals surface area contributed by atoms with Crippen molar-refractivity contribution in [2.75, 3.05) is 4.90 Å². The average molecular weight is 761 g/mol. The lowest BCUT2D eigenvalue weighted by Crippen LogP contribution is -2.37. The van der Waals surface area contributed by atoms with Crippen LogP contribution in [0.1, 0.15) is 44.4 Å². The van der Waals surface area contributed by atoms with Gasteiger partial charge in [-0.1, -0.05) is 161 Å². The van der Waals surface area contributed by atoms with Gasteiger partial charge in [0.2, 0.25) is 0 Å². The van der Waals surface area contributed by atoms with Crippen molar-refractivity contribution < 1.29 is 0 Å². The van der Waals surface area contributed by atoms with Crippen LogP contribution in [0.3, 0.4) is 0 Å². The van der Waals surface area contributed by atoms with E-state index in [1.807, 2.05) is 6.08 Å². The zero-order valence-electron chi connectivity index (χ0n) is 34.2. The molecular formula is C57H48N2. The highest BCUT2D eigenvalue weighted by Gasteiger charge is 2.42. The molecule has 2 aliphatic rings. The Morgan fingerprint density at radius 1 is 0.610 bits per heavy atom. The summed E-state index contributed by atoms with van der Waals surface area (Å²) in [6, 6.07) is 62.6. The highest BCUT2D eigenvalue weighted by Crippen LogP contribution is 2.53. The summed E-state index contributed by atoms with van der Waals surface area (Å²) in [5.41, 5.74) is 18.6. The fourth-order valence-electron chi connectivity index (χ4n) is 9.77. The minimum atomic E-state index is -0.0786. The van der Waals surface area contributed by atoms with E-state index in [9.17, 15) is 0 Å². The number of para-hydroxylation sites is 2. The average Bonchev–Trinajstić information content (AvgIpc) is 3.72. The second kappa shape index (κ2) is 14.5. The molecule has 0 unspecified atom stereocenters. The quantitative estimate of drug-likeness (QED) is 0.140. The number of nitrogens with zero attached hydrogens (tertiary/aromatic N) is 2. The maximum Gasteiger partial charge on any atom is 0.0588 e. The summed E-state index contributed by atoms with van der Waals surface area (Å²) in [6.45, 7) is 13.2. The van der Waals surface area contributed by atoms with Gasteiger partial charge in [-0.15, -0.1) is 0 Å². The molecule has 8 aromatic rings. The molecule has 7 aromatic carbocycles. The summed E-state index contributed by atoms with van der Waals surface area (Å²) >= 11 is 0. The van der Waals surface area contributed by atoms with Crippen molar-refractivity contribution in [1.29, 1.82) is 0 Å². The number of anilines is 2. The molecule has 0 fully saturated rings. The molecule has 1 aromatic heterocycles. The molecular weight excluding hydrogens is 713 g/mol. The van der Waals surface area contributed by atoms with Gasteiger partial charge in [0.15, 0.2) is 0 Å². The van der Waals surface area contributed by atoms with Crippen LogP contribution < -0.4 is 4.90 Å². The van der Waals surface area contributed by atoms with Crippen molar-refractivity contribution in [2.24, 2.45) is 5.92 Å². The van der Waals surface area contributed by atoms with Crippen LogP contribution in [0.5, 0.6) is 0 Å². The topological polar surface area (TPSA) is 8.17 Å². The third-order valence-electron chi connectivity index (χ3n) is 12.8. The van der Waals surface area contributed by atoms with E-state index < -0.39 is 0 Å². The fraction of sp³-hybridized carbons (Fsp3) is 0.123. The minimum absolute atomic E-state index is 0.0786. The first-order valence-electron chi connectivity index (χ1n) is 20.9. The van der Waals surface area contributed by atoms with Gasteiger partial charge in [-0.25, -0.2) is 0 Å². The highest BCUT2D eigenvalue weighted by molar-refractivity contribution is 6.10. The molecule has 0 spiro atoms. The Morgan fingerprint density at radius 2 is 1.24 bits per heavy atom. The zero-order valence-corrected chi connectivity index (χ0v) is 34.2. The molecule has 2 atom stereocenters. The summed E-state index contributed by atoms with van der Waals surface area (Å²) < 4.78 is 2.38. The van der Waals surface area contributed by atoms with Gasteiger partial charge in [0, 0.05) is 33.2 Å². The van der Waals surface area contributed by atoms with Crippen LogP contribution in [0.25, 0.3) is 60.9 Å². The van der Waals surface area contributed by atoms with Crippen LogP contribution in [-0.4, -0.2) is 10.6 Å². The molecule has 2 aliphatic carbocycles. The van der Waals surface area contributed by atoms with Crippen molar-refractivity contribution in [2.45, 2.75) is 39.2 Å². The molecule has 286 valence electrons. The predicted molar refractivity (Wildman–Crippen MR) is 253 cm³/mol. The Hall–Kier alpha value is -6.90. The molecule has 59 heavy (non-hydrogen) atoms. The molecule has 0 amide bonds. The molecule has 0 bridgehead atoms. The Morgan fingerprint density at radius 3 is 1.95 bits per heavy atom. The van der Waals surface area contributed by atoms with E-state index in [0.29, 0.717) is 0 Å². The summed E-state index contributed by atoms with van der Waals surface area (Å²) in [4.78, 5) is 2.56. The summed E-state index contributed by atoms with van der Waals surface area (Å²) in [5.74, 6) is 0.272. The van der Waals surface area contributed by atoms with Crippen LogP contribution in [0.2, 0.25) is 0 Å². The van der Waals surface area contributed by atoms with E-state index in [4.69, 9.17) is 0 Å². The largest absolute Gasteiger partial charge is 0.334 e. The summed E-state index contributed by atoms with van der Waals surface area (Å²) in [7, 11) is 0. The summed E-state index contributed by atoms with van der Waals surface area (Å²) in [5, 5.41) is 2.52. The number of fused-ring (bicyclic) bond motifs is 6. The number of aromatic nitrogens is 1. The van der Waals surface area contributed by atoms with Crippen molar-refractivity contribution in [3.8, 4) is 27.9 Å². The van der Waals surface area contributed by atoms with E-state index in [1.54, 1.807) is 0 Å². The molecule has 1 heterocycles. The van der Waals surface area contributed by atoms with Crippen LogP contribution in [0.4, 0.5) is 11.4 Å². The Kier molecular flexibility index (Phi) is 8.95. The lowest BCUT2D eigenvalue weighted by atomic mass is 9.77. The van der Waals surface area contributed by atoms with Crippen molar-refractivity contribution in [1.82, 2.24) is 4.57 Å². The predicted octanol–water partition coefficient (Wildman–Crippen LogP) is 15.2. The first kappa shape index (κ1) is 36.4. The first-order valence-corrected chi connectivity index (χ1v) is 20.9. The number of hydrogen-bond acceptors (Lipinski definition) is 1. The first-order chi connectivity index (χ1) is 28.8. The van der Waals surface area contributed by atoms with E-state index in [0.717, 1.165) is 5.57 Å². The molecule has 2 nitrogen and oxygen atoms in total. The second-order valence-electron chi connectivity index (χ2n) is 16.6. The minimum Gasteiger partial charge on any atom is -0.334 e. The smallest absolute Gasteiger partial charge is 0.0588 e. The zero-order chi connectivity index (χ0) is 40.3. The number of allylic oxidation sites excluding steroid dienone is 5. The van der Waals surface area contributed by atoms with Crippen LogP contribution >= 0.6 is 0 Å². The van der Waals surface area contributed by atoms with Crippen molar-refractivity contribution in [3.05, 3.63) is 223 Å². The molecule has 0 aliphatic heterocycles.